The molecule has 0 spiro atoms. The number of benzene rings is 1. The summed E-state index contributed by atoms with van der Waals surface area (Å²) in [7, 11) is 4.07. The Morgan fingerprint density at radius 3 is 2.70 bits per heavy atom. The first-order valence-electron chi connectivity index (χ1n) is 9.63. The Kier molecular flexibility index (Phi) is 6.85. The van der Waals surface area contributed by atoms with E-state index in [0.717, 1.165) is 31.5 Å². The smallest absolute Gasteiger partial charge is 0.276 e. The molecule has 0 radical (unpaired) electrons. The van der Waals surface area contributed by atoms with Gasteiger partial charge in [-0.1, -0.05) is 48.2 Å². The molecule has 0 bridgehead atoms. The number of carbonyl (C=O) groups is 1. The third-order valence-corrected chi connectivity index (χ3v) is 5.29. The zero-order chi connectivity index (χ0) is 19.2. The third kappa shape index (κ3) is 5.53. The van der Waals surface area contributed by atoms with Gasteiger partial charge in [0, 0.05) is 24.2 Å². The van der Waals surface area contributed by atoms with Gasteiger partial charge >= 0.3 is 0 Å². The molecule has 0 aliphatic heterocycles. The van der Waals surface area contributed by atoms with Crippen LogP contribution in [0.5, 0.6) is 0 Å². The minimum absolute atomic E-state index is 0.0129. The Morgan fingerprint density at radius 2 is 2.00 bits per heavy atom. The van der Waals surface area contributed by atoms with Crippen LogP contribution in [0.25, 0.3) is 0 Å². The molecular weight excluding hydrogens is 362 g/mol. The Balaban J connectivity index is 1.72. The molecule has 6 nitrogen and oxygen atoms in total. The summed E-state index contributed by atoms with van der Waals surface area (Å²) in [5.74, 6) is -0.0129. The summed E-state index contributed by atoms with van der Waals surface area (Å²) in [5, 5.41) is 8.99. The number of hydrogen-bond acceptors (Lipinski definition) is 4. The maximum Gasteiger partial charge on any atom is 0.276 e. The Bertz CT molecular complexity index is 754. The van der Waals surface area contributed by atoms with Crippen LogP contribution in [0.15, 0.2) is 30.5 Å². The van der Waals surface area contributed by atoms with Crippen LogP contribution < -0.4 is 0 Å². The van der Waals surface area contributed by atoms with E-state index in [1.165, 1.54) is 19.3 Å². The summed E-state index contributed by atoms with van der Waals surface area (Å²) in [6.45, 7) is 2.11. The Labute approximate surface area is 166 Å². The van der Waals surface area contributed by atoms with E-state index >= 15 is 0 Å². The topological polar surface area (TPSA) is 54.3 Å². The molecule has 0 unspecified atom stereocenters. The highest BCUT2D eigenvalue weighted by molar-refractivity contribution is 6.30. The van der Waals surface area contributed by atoms with Gasteiger partial charge in [0.25, 0.3) is 5.91 Å². The van der Waals surface area contributed by atoms with Crippen molar-refractivity contribution in [1.29, 1.82) is 0 Å². The first kappa shape index (κ1) is 19.8. The van der Waals surface area contributed by atoms with Crippen molar-refractivity contribution >= 4 is 17.5 Å². The second-order valence-corrected chi connectivity index (χ2v) is 7.96. The molecule has 3 rings (SSSR count). The highest BCUT2D eigenvalue weighted by Crippen LogP contribution is 2.23. The predicted molar refractivity (Wildman–Crippen MR) is 107 cm³/mol. The molecule has 1 aromatic heterocycles. The molecule has 27 heavy (non-hydrogen) atoms. The average Bonchev–Trinajstić information content (AvgIpc) is 3.11. The van der Waals surface area contributed by atoms with E-state index in [0.29, 0.717) is 23.3 Å². The van der Waals surface area contributed by atoms with Crippen LogP contribution in [0, 0.1) is 0 Å². The lowest BCUT2D eigenvalue weighted by atomic mass is 9.94. The Morgan fingerprint density at radius 1 is 1.22 bits per heavy atom. The number of hydrogen-bond donors (Lipinski definition) is 0. The van der Waals surface area contributed by atoms with Crippen molar-refractivity contribution in [3.05, 3.63) is 46.7 Å². The normalized spacial score (nSPS) is 15.3. The molecular formula is C20H28ClN5O. The minimum Gasteiger partial charge on any atom is -0.333 e. The fourth-order valence-corrected chi connectivity index (χ4v) is 3.81. The number of nitrogens with zero attached hydrogens (tertiary/aromatic N) is 5. The molecule has 0 N–H and O–H groups in total. The van der Waals surface area contributed by atoms with E-state index in [-0.39, 0.29) is 5.91 Å². The molecule has 2 aromatic rings. The van der Waals surface area contributed by atoms with Crippen molar-refractivity contribution in [2.24, 2.45) is 0 Å². The van der Waals surface area contributed by atoms with E-state index in [1.54, 1.807) is 10.9 Å². The largest absolute Gasteiger partial charge is 0.333 e. The van der Waals surface area contributed by atoms with Crippen molar-refractivity contribution in [1.82, 2.24) is 24.8 Å². The molecule has 146 valence electrons. The first-order chi connectivity index (χ1) is 13.0. The van der Waals surface area contributed by atoms with Gasteiger partial charge in [0.1, 0.15) is 0 Å². The number of likely N-dealkylation sites (N-methyl/N-ethyl adjacent to an activating group) is 1. The lowest BCUT2D eigenvalue weighted by Gasteiger charge is -2.34. The van der Waals surface area contributed by atoms with Gasteiger partial charge in [-0.05, 0) is 44.6 Å². The summed E-state index contributed by atoms with van der Waals surface area (Å²) in [4.78, 5) is 17.3. The van der Waals surface area contributed by atoms with Crippen molar-refractivity contribution < 1.29 is 4.79 Å². The van der Waals surface area contributed by atoms with E-state index < -0.39 is 0 Å². The standard InChI is InChI=1S/C20H28ClN5O/c1-24(2)11-12-26(18-9-4-3-5-10-18)20(27)19-15-25(23-22-19)14-16-7-6-8-17(21)13-16/h6-8,13,15,18H,3-5,9-12,14H2,1-2H3. The van der Waals surface area contributed by atoms with Crippen LogP contribution in [0.2, 0.25) is 5.02 Å². The van der Waals surface area contributed by atoms with Gasteiger partial charge in [0.2, 0.25) is 0 Å². The number of rotatable bonds is 7. The molecule has 1 amide bonds. The van der Waals surface area contributed by atoms with Gasteiger partial charge in [-0.15, -0.1) is 5.10 Å². The van der Waals surface area contributed by atoms with Gasteiger partial charge in [0.15, 0.2) is 5.69 Å². The van der Waals surface area contributed by atoms with Crippen LogP contribution >= 0.6 is 11.6 Å². The van der Waals surface area contributed by atoms with E-state index in [4.69, 9.17) is 11.6 Å². The molecule has 7 heteroatoms. The van der Waals surface area contributed by atoms with Crippen LogP contribution in [0.4, 0.5) is 0 Å². The van der Waals surface area contributed by atoms with Crippen molar-refractivity contribution in [3.8, 4) is 0 Å². The maximum absolute atomic E-state index is 13.1. The number of halogens is 1. The lowest BCUT2D eigenvalue weighted by Crippen LogP contribution is -2.44. The van der Waals surface area contributed by atoms with Crippen LogP contribution in [-0.2, 0) is 6.54 Å². The van der Waals surface area contributed by atoms with Crippen molar-refractivity contribution in [2.45, 2.75) is 44.7 Å². The van der Waals surface area contributed by atoms with Crippen LogP contribution in [0.1, 0.15) is 48.2 Å². The van der Waals surface area contributed by atoms with Crippen LogP contribution in [0.3, 0.4) is 0 Å². The second kappa shape index (κ2) is 9.33. The van der Waals surface area contributed by atoms with Gasteiger partial charge in [-0.25, -0.2) is 4.68 Å². The van der Waals surface area contributed by atoms with Crippen molar-refractivity contribution in [2.75, 3.05) is 27.2 Å². The summed E-state index contributed by atoms with van der Waals surface area (Å²) >= 11 is 6.04. The molecule has 1 aliphatic rings. The highest BCUT2D eigenvalue weighted by atomic mass is 35.5. The lowest BCUT2D eigenvalue weighted by molar-refractivity contribution is 0.0612. The summed E-state index contributed by atoms with van der Waals surface area (Å²) in [6, 6.07) is 7.95. The third-order valence-electron chi connectivity index (χ3n) is 5.06. The molecule has 0 saturated heterocycles. The van der Waals surface area contributed by atoms with Gasteiger partial charge in [-0.3, -0.25) is 4.79 Å². The SMILES string of the molecule is CN(C)CCN(C(=O)c1cn(Cc2cccc(Cl)c2)nn1)C1CCCCC1. The molecule has 0 atom stereocenters. The highest BCUT2D eigenvalue weighted by Gasteiger charge is 2.27. The molecule has 1 aromatic carbocycles. The molecule has 1 aliphatic carbocycles. The van der Waals surface area contributed by atoms with E-state index in [9.17, 15) is 4.79 Å². The van der Waals surface area contributed by atoms with E-state index in [2.05, 4.69) is 15.2 Å². The number of amides is 1. The predicted octanol–water partition coefficient (Wildman–Crippen LogP) is 3.32. The van der Waals surface area contributed by atoms with Gasteiger partial charge in [-0.2, -0.15) is 0 Å². The summed E-state index contributed by atoms with van der Waals surface area (Å²) < 4.78 is 1.70. The second-order valence-electron chi connectivity index (χ2n) is 7.52. The Hall–Kier alpha value is -1.92. The minimum atomic E-state index is -0.0129. The van der Waals surface area contributed by atoms with Gasteiger partial charge in [0.05, 0.1) is 12.7 Å². The maximum atomic E-state index is 13.1. The quantitative estimate of drug-likeness (QED) is 0.729. The number of carbonyl (C=O) groups excluding carboxylic acids is 1. The summed E-state index contributed by atoms with van der Waals surface area (Å²) in [5.41, 5.74) is 1.45. The molecule has 1 heterocycles. The zero-order valence-electron chi connectivity index (χ0n) is 16.1. The summed E-state index contributed by atoms with van der Waals surface area (Å²) in [6.07, 6.45) is 7.55. The average molecular weight is 390 g/mol. The van der Waals surface area contributed by atoms with Crippen LogP contribution in [-0.4, -0.2) is 63.9 Å². The molecule has 1 saturated carbocycles. The van der Waals surface area contributed by atoms with E-state index in [1.807, 2.05) is 43.3 Å². The number of aromatic nitrogens is 3. The zero-order valence-corrected chi connectivity index (χ0v) is 16.9. The monoisotopic (exact) mass is 389 g/mol. The fraction of sp³-hybridized carbons (Fsp3) is 0.550. The van der Waals surface area contributed by atoms with Crippen molar-refractivity contribution in [3.63, 3.8) is 0 Å². The fourth-order valence-electron chi connectivity index (χ4n) is 3.59. The van der Waals surface area contributed by atoms with Gasteiger partial charge < -0.3 is 9.80 Å². The first-order valence-corrected chi connectivity index (χ1v) is 10.0. The molecule has 1 fully saturated rings.